The molecule has 2 fully saturated rings. The van der Waals surface area contributed by atoms with Crippen molar-refractivity contribution in [2.75, 3.05) is 39.9 Å². The summed E-state index contributed by atoms with van der Waals surface area (Å²) in [5, 5.41) is 13.7. The zero-order valence-corrected chi connectivity index (χ0v) is 11.9. The number of hydrogen-bond donors (Lipinski definition) is 2. The molecule has 0 bridgehead atoms. The first-order valence-corrected chi connectivity index (χ1v) is 7.35. The highest BCUT2D eigenvalue weighted by Gasteiger charge is 2.43. The third kappa shape index (κ3) is 3.68. The fourth-order valence-corrected chi connectivity index (χ4v) is 3.28. The number of rotatable bonds is 5. The van der Waals surface area contributed by atoms with Gasteiger partial charge in [-0.15, -0.1) is 0 Å². The number of methoxy groups -OCH3 is 1. The fraction of sp³-hybridized carbons (Fsp3) is 0.929. The molecular formula is C14H26N2O3. The summed E-state index contributed by atoms with van der Waals surface area (Å²) in [5.74, 6) is 0.418. The molecule has 1 aliphatic heterocycles. The maximum Gasteiger partial charge on any atom is 0.236 e. The summed E-state index contributed by atoms with van der Waals surface area (Å²) in [6.07, 6.45) is 5.01. The summed E-state index contributed by atoms with van der Waals surface area (Å²) >= 11 is 0. The topological polar surface area (TPSA) is 61.8 Å². The number of ether oxygens (including phenoxy) is 1. The summed E-state index contributed by atoms with van der Waals surface area (Å²) in [6.45, 7) is 3.10. The first kappa shape index (κ1) is 14.8. The van der Waals surface area contributed by atoms with Gasteiger partial charge in [-0.3, -0.25) is 4.79 Å². The maximum atomic E-state index is 12.1. The highest BCUT2D eigenvalue weighted by atomic mass is 16.5. The van der Waals surface area contributed by atoms with Crippen molar-refractivity contribution in [3.05, 3.63) is 0 Å². The molecule has 19 heavy (non-hydrogen) atoms. The molecule has 5 heteroatoms. The molecule has 0 aromatic carbocycles. The number of likely N-dealkylation sites (tertiary alicyclic amines) is 1. The second kappa shape index (κ2) is 6.68. The van der Waals surface area contributed by atoms with E-state index in [1.165, 1.54) is 6.42 Å². The summed E-state index contributed by atoms with van der Waals surface area (Å²) in [6, 6.07) is 0. The van der Waals surface area contributed by atoms with E-state index in [1.807, 2.05) is 4.90 Å². The van der Waals surface area contributed by atoms with Crippen molar-refractivity contribution < 1.29 is 14.6 Å². The molecule has 2 unspecified atom stereocenters. The number of hydrogen-bond acceptors (Lipinski definition) is 4. The second-order valence-corrected chi connectivity index (χ2v) is 5.81. The highest BCUT2D eigenvalue weighted by Crippen LogP contribution is 2.39. The minimum atomic E-state index is -0.501. The molecule has 2 rings (SSSR count). The van der Waals surface area contributed by atoms with Crippen LogP contribution in [0.2, 0.25) is 0 Å². The molecule has 0 aromatic heterocycles. The molecule has 1 saturated heterocycles. The quantitative estimate of drug-likeness (QED) is 0.709. The number of nitrogens with one attached hydrogen (secondary N) is 1. The van der Waals surface area contributed by atoms with Crippen molar-refractivity contribution in [2.45, 2.75) is 37.7 Å². The molecule has 0 aromatic rings. The Kier molecular flexibility index (Phi) is 5.19. The van der Waals surface area contributed by atoms with Crippen LogP contribution in [-0.4, -0.2) is 61.4 Å². The van der Waals surface area contributed by atoms with E-state index in [9.17, 15) is 9.90 Å². The largest absolute Gasteiger partial charge is 0.389 e. The third-order valence-corrected chi connectivity index (χ3v) is 4.54. The Bertz CT molecular complexity index is 311. The van der Waals surface area contributed by atoms with Crippen LogP contribution in [0.1, 0.15) is 32.1 Å². The molecule has 1 amide bonds. The van der Waals surface area contributed by atoms with Gasteiger partial charge in [0.1, 0.15) is 0 Å². The molecule has 1 aliphatic carbocycles. The number of aliphatic hydroxyl groups is 1. The van der Waals surface area contributed by atoms with E-state index in [0.717, 1.165) is 32.2 Å². The van der Waals surface area contributed by atoms with E-state index >= 15 is 0 Å². The Morgan fingerprint density at radius 1 is 1.47 bits per heavy atom. The van der Waals surface area contributed by atoms with Crippen molar-refractivity contribution in [1.29, 1.82) is 0 Å². The lowest BCUT2D eigenvalue weighted by Crippen LogP contribution is -2.55. The van der Waals surface area contributed by atoms with E-state index in [-0.39, 0.29) is 11.8 Å². The van der Waals surface area contributed by atoms with Gasteiger partial charge in [0, 0.05) is 32.7 Å². The van der Waals surface area contributed by atoms with E-state index in [0.29, 0.717) is 26.2 Å². The average molecular weight is 270 g/mol. The minimum Gasteiger partial charge on any atom is -0.389 e. The SMILES string of the molecule is COCCNCC(=O)N1CCC2(O)CCCCC2C1. The number of amides is 1. The lowest BCUT2D eigenvalue weighted by molar-refractivity contribution is -0.142. The van der Waals surface area contributed by atoms with Gasteiger partial charge in [0.05, 0.1) is 18.8 Å². The first-order chi connectivity index (χ1) is 9.15. The second-order valence-electron chi connectivity index (χ2n) is 5.81. The summed E-state index contributed by atoms with van der Waals surface area (Å²) in [7, 11) is 1.65. The van der Waals surface area contributed by atoms with Gasteiger partial charge in [-0.2, -0.15) is 0 Å². The molecule has 5 nitrogen and oxygen atoms in total. The molecular weight excluding hydrogens is 244 g/mol. The van der Waals surface area contributed by atoms with Crippen molar-refractivity contribution in [1.82, 2.24) is 10.2 Å². The van der Waals surface area contributed by atoms with Crippen LogP contribution < -0.4 is 5.32 Å². The van der Waals surface area contributed by atoms with Gasteiger partial charge in [0.25, 0.3) is 0 Å². The third-order valence-electron chi connectivity index (χ3n) is 4.54. The molecule has 1 heterocycles. The van der Waals surface area contributed by atoms with Crippen molar-refractivity contribution in [3.8, 4) is 0 Å². The Morgan fingerprint density at radius 2 is 2.32 bits per heavy atom. The lowest BCUT2D eigenvalue weighted by Gasteiger charge is -2.47. The number of fused-ring (bicyclic) bond motifs is 1. The first-order valence-electron chi connectivity index (χ1n) is 7.35. The summed E-state index contributed by atoms with van der Waals surface area (Å²) in [4.78, 5) is 14.0. The Hall–Kier alpha value is -0.650. The highest BCUT2D eigenvalue weighted by molar-refractivity contribution is 5.78. The van der Waals surface area contributed by atoms with Crippen LogP contribution in [-0.2, 0) is 9.53 Å². The number of piperidine rings is 1. The zero-order chi connectivity index (χ0) is 13.7. The Labute approximate surface area is 115 Å². The number of carbonyl (C=O) groups is 1. The molecule has 1 saturated carbocycles. The Morgan fingerprint density at radius 3 is 3.11 bits per heavy atom. The van der Waals surface area contributed by atoms with Gasteiger partial charge >= 0.3 is 0 Å². The van der Waals surface area contributed by atoms with Gasteiger partial charge in [0.2, 0.25) is 5.91 Å². The fourth-order valence-electron chi connectivity index (χ4n) is 3.28. The zero-order valence-electron chi connectivity index (χ0n) is 11.9. The predicted molar refractivity (Wildman–Crippen MR) is 72.9 cm³/mol. The van der Waals surface area contributed by atoms with Crippen LogP contribution in [0.5, 0.6) is 0 Å². The molecule has 0 spiro atoms. The van der Waals surface area contributed by atoms with Gasteiger partial charge in [-0.05, 0) is 19.3 Å². The molecule has 2 N–H and O–H groups in total. The van der Waals surface area contributed by atoms with E-state index in [1.54, 1.807) is 7.11 Å². The Balaban J connectivity index is 1.78. The molecule has 2 aliphatic rings. The standard InChI is InChI=1S/C14H26N2O3/c1-19-9-7-15-10-13(17)16-8-6-14(18)5-3-2-4-12(14)11-16/h12,15,18H,2-11H2,1H3. The van der Waals surface area contributed by atoms with Crippen LogP contribution in [0, 0.1) is 5.92 Å². The lowest BCUT2D eigenvalue weighted by atomic mass is 9.71. The van der Waals surface area contributed by atoms with Gasteiger partial charge in [-0.1, -0.05) is 12.8 Å². The predicted octanol–water partition coefficient (Wildman–Crippen LogP) is 0.376. The number of carbonyl (C=O) groups excluding carboxylic acids is 1. The minimum absolute atomic E-state index is 0.142. The van der Waals surface area contributed by atoms with Gasteiger partial charge in [0.15, 0.2) is 0 Å². The monoisotopic (exact) mass is 270 g/mol. The van der Waals surface area contributed by atoms with Crippen LogP contribution in [0.15, 0.2) is 0 Å². The summed E-state index contributed by atoms with van der Waals surface area (Å²) in [5.41, 5.74) is -0.501. The van der Waals surface area contributed by atoms with Crippen LogP contribution >= 0.6 is 0 Å². The van der Waals surface area contributed by atoms with Gasteiger partial charge in [-0.25, -0.2) is 0 Å². The van der Waals surface area contributed by atoms with Crippen molar-refractivity contribution >= 4 is 5.91 Å². The van der Waals surface area contributed by atoms with Crippen molar-refractivity contribution in [2.24, 2.45) is 5.92 Å². The van der Waals surface area contributed by atoms with E-state index in [4.69, 9.17) is 4.74 Å². The molecule has 2 atom stereocenters. The van der Waals surface area contributed by atoms with Crippen LogP contribution in [0.3, 0.4) is 0 Å². The van der Waals surface area contributed by atoms with Gasteiger partial charge < -0.3 is 20.1 Å². The number of nitrogens with zero attached hydrogens (tertiary/aromatic N) is 1. The smallest absolute Gasteiger partial charge is 0.236 e. The van der Waals surface area contributed by atoms with E-state index < -0.39 is 5.60 Å². The van der Waals surface area contributed by atoms with Crippen LogP contribution in [0.4, 0.5) is 0 Å². The van der Waals surface area contributed by atoms with E-state index in [2.05, 4.69) is 5.32 Å². The maximum absolute atomic E-state index is 12.1. The molecule has 110 valence electrons. The normalized spacial score (nSPS) is 31.1. The average Bonchev–Trinajstić information content (AvgIpc) is 2.42. The van der Waals surface area contributed by atoms with Crippen LogP contribution in [0.25, 0.3) is 0 Å². The summed E-state index contributed by atoms with van der Waals surface area (Å²) < 4.78 is 4.93. The van der Waals surface area contributed by atoms with Crippen molar-refractivity contribution in [3.63, 3.8) is 0 Å². The molecule has 0 radical (unpaired) electrons.